The summed E-state index contributed by atoms with van der Waals surface area (Å²) in [6, 6.07) is 10.2. The van der Waals surface area contributed by atoms with Crippen LogP contribution in [0.3, 0.4) is 0 Å². The van der Waals surface area contributed by atoms with Gasteiger partial charge in [-0.15, -0.1) is 11.3 Å². The van der Waals surface area contributed by atoms with Gasteiger partial charge in [0.15, 0.2) is 6.61 Å². The van der Waals surface area contributed by atoms with Crippen molar-refractivity contribution in [2.24, 2.45) is 0 Å². The monoisotopic (exact) mass is 428 g/mol. The van der Waals surface area contributed by atoms with Gasteiger partial charge in [-0.2, -0.15) is 5.10 Å². The van der Waals surface area contributed by atoms with Gasteiger partial charge in [0.1, 0.15) is 17.2 Å². The molecular formula is C21H24N4O4S. The van der Waals surface area contributed by atoms with Crippen molar-refractivity contribution in [1.29, 1.82) is 0 Å². The lowest BCUT2D eigenvalue weighted by Crippen LogP contribution is -2.34. The van der Waals surface area contributed by atoms with Crippen LogP contribution in [0.5, 0.6) is 11.5 Å². The van der Waals surface area contributed by atoms with E-state index in [1.165, 1.54) is 22.1 Å². The van der Waals surface area contributed by atoms with E-state index < -0.39 is 0 Å². The third-order valence-corrected chi connectivity index (χ3v) is 5.25. The number of ether oxygens (including phenoxy) is 2. The molecule has 1 amide bonds. The summed E-state index contributed by atoms with van der Waals surface area (Å²) in [5.41, 5.74) is 1.36. The van der Waals surface area contributed by atoms with E-state index in [9.17, 15) is 9.59 Å². The van der Waals surface area contributed by atoms with Crippen LogP contribution in [0.4, 0.5) is 0 Å². The molecule has 8 nitrogen and oxygen atoms in total. The highest BCUT2D eigenvalue weighted by atomic mass is 32.1. The molecule has 158 valence electrons. The van der Waals surface area contributed by atoms with Crippen molar-refractivity contribution in [3.05, 3.63) is 57.5 Å². The fraction of sp³-hybridized carbons (Fsp3) is 0.333. The van der Waals surface area contributed by atoms with Gasteiger partial charge in [0.2, 0.25) is 0 Å². The second-order valence-electron chi connectivity index (χ2n) is 6.47. The normalized spacial score (nSPS) is 10.6. The summed E-state index contributed by atoms with van der Waals surface area (Å²) < 4.78 is 12.2. The summed E-state index contributed by atoms with van der Waals surface area (Å²) in [6.07, 6.45) is 0. The summed E-state index contributed by atoms with van der Waals surface area (Å²) in [7, 11) is 0. The standard InChI is InChI=1S/C21H24N4O4S/c1-4-28-16-5-7-17(8-6-16)29-13-19(26)22-11-12-25-20(27)10-9-18(24-25)21-14(2)23-15(3)30-21/h5-10H,4,11-13H2,1-3H3,(H,22,26). The number of hydrogen-bond acceptors (Lipinski definition) is 7. The van der Waals surface area contributed by atoms with Crippen molar-refractivity contribution in [3.8, 4) is 22.1 Å². The van der Waals surface area contributed by atoms with Gasteiger partial charge in [-0.1, -0.05) is 0 Å². The van der Waals surface area contributed by atoms with Gasteiger partial charge in [0.05, 0.1) is 28.7 Å². The highest BCUT2D eigenvalue weighted by Gasteiger charge is 2.11. The maximum Gasteiger partial charge on any atom is 0.266 e. The topological polar surface area (TPSA) is 95.3 Å². The van der Waals surface area contributed by atoms with Crippen LogP contribution >= 0.6 is 11.3 Å². The maximum atomic E-state index is 12.1. The van der Waals surface area contributed by atoms with Gasteiger partial charge >= 0.3 is 0 Å². The van der Waals surface area contributed by atoms with Crippen LogP contribution < -0.4 is 20.3 Å². The molecule has 3 aromatic rings. The Bertz CT molecular complexity index is 1060. The molecule has 9 heteroatoms. The Labute approximate surface area is 178 Å². The van der Waals surface area contributed by atoms with Crippen molar-refractivity contribution in [2.75, 3.05) is 19.8 Å². The molecule has 0 saturated carbocycles. The Morgan fingerprint density at radius 1 is 1.10 bits per heavy atom. The zero-order valence-electron chi connectivity index (χ0n) is 17.2. The Balaban J connectivity index is 1.51. The van der Waals surface area contributed by atoms with E-state index in [-0.39, 0.29) is 31.2 Å². The number of aryl methyl sites for hydroxylation is 2. The maximum absolute atomic E-state index is 12.1. The Morgan fingerprint density at radius 2 is 1.80 bits per heavy atom. The van der Waals surface area contributed by atoms with E-state index in [1.54, 1.807) is 30.3 Å². The van der Waals surface area contributed by atoms with Crippen LogP contribution in [0, 0.1) is 13.8 Å². The number of hydrogen-bond donors (Lipinski definition) is 1. The van der Waals surface area contributed by atoms with Crippen molar-refractivity contribution in [1.82, 2.24) is 20.1 Å². The van der Waals surface area contributed by atoms with Gasteiger partial charge in [-0.05, 0) is 51.1 Å². The molecule has 0 radical (unpaired) electrons. The minimum atomic E-state index is -0.276. The number of nitrogens with zero attached hydrogens (tertiary/aromatic N) is 3. The highest BCUT2D eigenvalue weighted by molar-refractivity contribution is 7.15. The zero-order chi connectivity index (χ0) is 21.5. The first-order valence-electron chi connectivity index (χ1n) is 9.61. The largest absolute Gasteiger partial charge is 0.494 e. The Hall–Kier alpha value is -3.20. The molecule has 0 fully saturated rings. The second-order valence-corrected chi connectivity index (χ2v) is 7.67. The Kier molecular flexibility index (Phi) is 7.18. The molecular weight excluding hydrogens is 404 g/mol. The average molecular weight is 429 g/mol. The minimum absolute atomic E-state index is 0.115. The lowest BCUT2D eigenvalue weighted by atomic mass is 10.3. The van der Waals surface area contributed by atoms with Gasteiger partial charge in [-0.25, -0.2) is 9.67 Å². The predicted molar refractivity (Wildman–Crippen MR) is 115 cm³/mol. The smallest absolute Gasteiger partial charge is 0.266 e. The van der Waals surface area contributed by atoms with Gasteiger partial charge in [-0.3, -0.25) is 9.59 Å². The molecule has 0 aliphatic heterocycles. The molecule has 2 aromatic heterocycles. The fourth-order valence-corrected chi connectivity index (χ4v) is 3.68. The molecule has 3 rings (SSSR count). The average Bonchev–Trinajstić information content (AvgIpc) is 3.07. The predicted octanol–water partition coefficient (Wildman–Crippen LogP) is 2.58. The van der Waals surface area contributed by atoms with Gasteiger partial charge < -0.3 is 14.8 Å². The lowest BCUT2D eigenvalue weighted by Gasteiger charge is -2.10. The van der Waals surface area contributed by atoms with Crippen LogP contribution in [-0.2, 0) is 11.3 Å². The molecule has 0 aliphatic rings. The number of aromatic nitrogens is 3. The lowest BCUT2D eigenvalue weighted by molar-refractivity contribution is -0.123. The first-order valence-corrected chi connectivity index (χ1v) is 10.4. The molecule has 1 aromatic carbocycles. The van der Waals surface area contributed by atoms with Crippen LogP contribution in [0.1, 0.15) is 17.6 Å². The molecule has 0 aliphatic carbocycles. The van der Waals surface area contributed by atoms with E-state index in [0.717, 1.165) is 21.3 Å². The van der Waals surface area contributed by atoms with E-state index in [0.29, 0.717) is 18.1 Å². The highest BCUT2D eigenvalue weighted by Crippen LogP contribution is 2.27. The zero-order valence-corrected chi connectivity index (χ0v) is 18.0. The molecule has 1 N–H and O–H groups in total. The summed E-state index contributed by atoms with van der Waals surface area (Å²) in [5, 5.41) is 8.09. The minimum Gasteiger partial charge on any atom is -0.494 e. The van der Waals surface area contributed by atoms with E-state index >= 15 is 0 Å². The number of rotatable bonds is 9. The van der Waals surface area contributed by atoms with E-state index in [2.05, 4.69) is 15.4 Å². The molecule has 0 spiro atoms. The molecule has 0 unspecified atom stereocenters. The van der Waals surface area contributed by atoms with Crippen LogP contribution in [0.15, 0.2) is 41.2 Å². The van der Waals surface area contributed by atoms with E-state index in [4.69, 9.17) is 9.47 Å². The van der Waals surface area contributed by atoms with Crippen LogP contribution in [0.2, 0.25) is 0 Å². The molecule has 30 heavy (non-hydrogen) atoms. The Morgan fingerprint density at radius 3 is 2.43 bits per heavy atom. The molecule has 0 atom stereocenters. The van der Waals surface area contributed by atoms with Gasteiger partial charge in [0, 0.05) is 12.6 Å². The van der Waals surface area contributed by atoms with Gasteiger partial charge in [0.25, 0.3) is 11.5 Å². The number of thiazole rings is 1. The fourth-order valence-electron chi connectivity index (χ4n) is 2.80. The summed E-state index contributed by atoms with van der Waals surface area (Å²) in [4.78, 5) is 29.5. The first kappa shape index (κ1) is 21.5. The second kappa shape index (κ2) is 10.0. The number of carbonyl (C=O) groups is 1. The number of carbonyl (C=O) groups excluding carboxylic acids is 1. The van der Waals surface area contributed by atoms with Crippen molar-refractivity contribution >= 4 is 17.2 Å². The third-order valence-electron chi connectivity index (χ3n) is 4.15. The first-order chi connectivity index (χ1) is 14.5. The SMILES string of the molecule is CCOc1ccc(OCC(=O)NCCn2nc(-c3sc(C)nc3C)ccc2=O)cc1. The number of amides is 1. The number of nitrogens with one attached hydrogen (secondary N) is 1. The van der Waals surface area contributed by atoms with Crippen molar-refractivity contribution < 1.29 is 14.3 Å². The quantitative estimate of drug-likeness (QED) is 0.563. The number of benzene rings is 1. The summed E-state index contributed by atoms with van der Waals surface area (Å²) >= 11 is 1.54. The van der Waals surface area contributed by atoms with E-state index in [1.807, 2.05) is 20.8 Å². The van der Waals surface area contributed by atoms with Crippen molar-refractivity contribution in [3.63, 3.8) is 0 Å². The van der Waals surface area contributed by atoms with Crippen LogP contribution in [-0.4, -0.2) is 40.4 Å². The molecule has 2 heterocycles. The third kappa shape index (κ3) is 5.66. The summed E-state index contributed by atoms with van der Waals surface area (Å²) in [6.45, 7) is 6.77. The van der Waals surface area contributed by atoms with Crippen LogP contribution in [0.25, 0.3) is 10.6 Å². The van der Waals surface area contributed by atoms with Crippen molar-refractivity contribution in [2.45, 2.75) is 27.3 Å². The molecule has 0 bridgehead atoms. The molecule has 0 saturated heterocycles. The summed E-state index contributed by atoms with van der Waals surface area (Å²) in [5.74, 6) is 1.05.